The number of carbonyl (C=O) groups is 1. The first-order valence-corrected chi connectivity index (χ1v) is 8.67. The molecular formula is C17H27NO2. The highest BCUT2D eigenvalue weighted by Gasteiger charge is 2.60. The highest BCUT2D eigenvalue weighted by atomic mass is 16.6. The van der Waals surface area contributed by atoms with Gasteiger partial charge in [0.15, 0.2) is 0 Å². The molecule has 20 heavy (non-hydrogen) atoms. The Hall–Kier alpha value is -0.570. The third kappa shape index (κ3) is 1.65. The van der Waals surface area contributed by atoms with Gasteiger partial charge in [0.1, 0.15) is 6.10 Å². The van der Waals surface area contributed by atoms with Gasteiger partial charge in [-0.15, -0.1) is 0 Å². The number of fused-ring (bicyclic) bond motifs is 2. The van der Waals surface area contributed by atoms with Crippen molar-refractivity contribution < 1.29 is 9.53 Å². The molecule has 1 saturated carbocycles. The van der Waals surface area contributed by atoms with Crippen LogP contribution in [-0.4, -0.2) is 36.1 Å². The second kappa shape index (κ2) is 4.72. The van der Waals surface area contributed by atoms with Gasteiger partial charge in [0.05, 0.1) is 5.92 Å². The molecule has 0 aromatic carbocycles. The smallest absolute Gasteiger partial charge is 0.309 e. The standard InChI is InChI=1S/C17H27NO2/c1-3-11-12-6-4-5-8-18-9-7-13(15(12)18)14-10(2)17(19)20-16(11)14/h10-16H,3-9H2,1-2H3/t10-,11-,12-,13+,14+,15-,16-/m0/s1. The number of rotatable bonds is 1. The van der Waals surface area contributed by atoms with Gasteiger partial charge in [0.25, 0.3) is 0 Å². The molecule has 4 rings (SSSR count). The second-order valence-electron chi connectivity index (χ2n) is 7.48. The van der Waals surface area contributed by atoms with Gasteiger partial charge in [-0.05, 0) is 50.6 Å². The van der Waals surface area contributed by atoms with E-state index >= 15 is 0 Å². The Bertz CT molecular complexity index is 410. The molecule has 0 aromatic heterocycles. The summed E-state index contributed by atoms with van der Waals surface area (Å²) >= 11 is 0. The molecule has 0 radical (unpaired) electrons. The molecule has 0 spiro atoms. The summed E-state index contributed by atoms with van der Waals surface area (Å²) in [6.07, 6.45) is 6.77. The van der Waals surface area contributed by atoms with E-state index in [2.05, 4.69) is 18.7 Å². The van der Waals surface area contributed by atoms with E-state index in [0.717, 1.165) is 12.0 Å². The normalized spacial score (nSPS) is 51.3. The van der Waals surface area contributed by atoms with Crippen molar-refractivity contribution in [3.63, 3.8) is 0 Å². The van der Waals surface area contributed by atoms with Crippen LogP contribution in [0.15, 0.2) is 0 Å². The predicted octanol–water partition coefficient (Wildman–Crippen LogP) is 2.69. The number of hydrogen-bond donors (Lipinski definition) is 0. The van der Waals surface area contributed by atoms with Crippen molar-refractivity contribution in [3.8, 4) is 0 Å². The zero-order valence-corrected chi connectivity index (χ0v) is 12.8. The van der Waals surface area contributed by atoms with E-state index in [9.17, 15) is 4.79 Å². The fourth-order valence-corrected chi connectivity index (χ4v) is 6.04. The van der Waals surface area contributed by atoms with Crippen molar-refractivity contribution in [1.29, 1.82) is 0 Å². The molecule has 3 nitrogen and oxygen atoms in total. The highest BCUT2D eigenvalue weighted by molar-refractivity contribution is 5.75. The van der Waals surface area contributed by atoms with Crippen molar-refractivity contribution in [2.45, 2.75) is 58.1 Å². The minimum atomic E-state index is 0.0772. The van der Waals surface area contributed by atoms with Crippen LogP contribution in [0.4, 0.5) is 0 Å². The molecule has 3 heterocycles. The van der Waals surface area contributed by atoms with Gasteiger partial charge in [-0.2, -0.15) is 0 Å². The lowest BCUT2D eigenvalue weighted by molar-refractivity contribution is -0.148. The van der Waals surface area contributed by atoms with Crippen LogP contribution in [0, 0.1) is 29.6 Å². The number of hydrogen-bond acceptors (Lipinski definition) is 3. The first-order valence-electron chi connectivity index (χ1n) is 8.67. The summed E-state index contributed by atoms with van der Waals surface area (Å²) in [6, 6.07) is 0.751. The Morgan fingerprint density at radius 1 is 1.20 bits per heavy atom. The SMILES string of the molecule is CC[C@H]1[C@@H]2CCCCN3CC[C@H]([C@@H]4[C@H]1OC(=O)[C@H]4C)[C@H]23. The van der Waals surface area contributed by atoms with Crippen LogP contribution in [0.25, 0.3) is 0 Å². The lowest BCUT2D eigenvalue weighted by Crippen LogP contribution is -2.53. The van der Waals surface area contributed by atoms with Crippen LogP contribution in [0.5, 0.6) is 0 Å². The molecule has 3 heteroatoms. The Kier molecular flexibility index (Phi) is 3.10. The summed E-state index contributed by atoms with van der Waals surface area (Å²) in [4.78, 5) is 14.9. The molecule has 7 atom stereocenters. The average Bonchev–Trinajstić information content (AvgIpc) is 2.89. The van der Waals surface area contributed by atoms with Gasteiger partial charge in [-0.25, -0.2) is 0 Å². The third-order valence-electron chi connectivity index (χ3n) is 6.80. The van der Waals surface area contributed by atoms with Crippen LogP contribution < -0.4 is 0 Å². The van der Waals surface area contributed by atoms with Gasteiger partial charge in [-0.3, -0.25) is 9.69 Å². The molecule has 3 saturated heterocycles. The molecule has 0 aromatic rings. The maximum Gasteiger partial charge on any atom is 0.309 e. The van der Waals surface area contributed by atoms with E-state index in [-0.39, 0.29) is 18.0 Å². The first-order chi connectivity index (χ1) is 9.72. The molecule has 112 valence electrons. The monoisotopic (exact) mass is 277 g/mol. The summed E-state index contributed by atoms with van der Waals surface area (Å²) in [5, 5.41) is 0. The Balaban J connectivity index is 1.74. The summed E-state index contributed by atoms with van der Waals surface area (Å²) in [5.41, 5.74) is 0. The number of nitrogens with zero attached hydrogens (tertiary/aromatic N) is 1. The summed E-state index contributed by atoms with van der Waals surface area (Å²) in [7, 11) is 0. The highest BCUT2D eigenvalue weighted by Crippen LogP contribution is 2.55. The van der Waals surface area contributed by atoms with Crippen molar-refractivity contribution in [3.05, 3.63) is 0 Å². The molecule has 0 bridgehead atoms. The molecule has 4 fully saturated rings. The number of esters is 1. The largest absolute Gasteiger partial charge is 0.462 e. The number of ether oxygens (including phenoxy) is 1. The van der Waals surface area contributed by atoms with Crippen LogP contribution in [0.3, 0.4) is 0 Å². The lowest BCUT2D eigenvalue weighted by Gasteiger charge is -2.48. The van der Waals surface area contributed by atoms with E-state index in [1.807, 2.05) is 0 Å². The Labute approximate surface area is 122 Å². The van der Waals surface area contributed by atoms with E-state index in [1.165, 1.54) is 45.2 Å². The summed E-state index contributed by atoms with van der Waals surface area (Å²) in [5.74, 6) is 2.80. The zero-order chi connectivity index (χ0) is 13.9. The van der Waals surface area contributed by atoms with Crippen molar-refractivity contribution >= 4 is 5.97 Å². The Morgan fingerprint density at radius 3 is 2.85 bits per heavy atom. The third-order valence-corrected chi connectivity index (χ3v) is 6.80. The molecular weight excluding hydrogens is 250 g/mol. The maximum atomic E-state index is 12.1. The molecule has 0 unspecified atom stereocenters. The van der Waals surface area contributed by atoms with Crippen molar-refractivity contribution in [2.75, 3.05) is 13.1 Å². The van der Waals surface area contributed by atoms with Crippen molar-refractivity contribution in [2.24, 2.45) is 29.6 Å². The van der Waals surface area contributed by atoms with Crippen LogP contribution in [-0.2, 0) is 9.53 Å². The van der Waals surface area contributed by atoms with E-state index in [0.29, 0.717) is 17.8 Å². The average molecular weight is 277 g/mol. The van der Waals surface area contributed by atoms with Gasteiger partial charge < -0.3 is 4.74 Å². The Morgan fingerprint density at radius 2 is 2.05 bits per heavy atom. The van der Waals surface area contributed by atoms with Gasteiger partial charge in [-0.1, -0.05) is 20.3 Å². The lowest BCUT2D eigenvalue weighted by atomic mass is 9.60. The summed E-state index contributed by atoms with van der Waals surface area (Å²) < 4.78 is 5.86. The molecule has 3 aliphatic heterocycles. The topological polar surface area (TPSA) is 29.5 Å². The molecule has 1 aliphatic carbocycles. The van der Waals surface area contributed by atoms with Crippen LogP contribution in [0.1, 0.15) is 46.0 Å². The van der Waals surface area contributed by atoms with Crippen molar-refractivity contribution in [1.82, 2.24) is 4.90 Å². The maximum absolute atomic E-state index is 12.1. The van der Waals surface area contributed by atoms with E-state index in [1.54, 1.807) is 0 Å². The second-order valence-corrected chi connectivity index (χ2v) is 7.48. The minimum absolute atomic E-state index is 0.0772. The number of carbonyl (C=O) groups excluding carboxylic acids is 1. The van der Waals surface area contributed by atoms with E-state index < -0.39 is 0 Å². The van der Waals surface area contributed by atoms with E-state index in [4.69, 9.17) is 4.74 Å². The van der Waals surface area contributed by atoms with Crippen LogP contribution in [0.2, 0.25) is 0 Å². The molecule has 4 aliphatic rings. The zero-order valence-electron chi connectivity index (χ0n) is 12.8. The molecule has 0 amide bonds. The molecule has 0 N–H and O–H groups in total. The van der Waals surface area contributed by atoms with Gasteiger partial charge >= 0.3 is 5.97 Å². The fourth-order valence-electron chi connectivity index (χ4n) is 6.04. The summed E-state index contributed by atoms with van der Waals surface area (Å²) in [6.45, 7) is 6.95. The van der Waals surface area contributed by atoms with Crippen LogP contribution >= 0.6 is 0 Å². The minimum Gasteiger partial charge on any atom is -0.462 e. The fraction of sp³-hybridized carbons (Fsp3) is 0.941. The quantitative estimate of drug-likeness (QED) is 0.690. The predicted molar refractivity (Wildman–Crippen MR) is 77.1 cm³/mol. The first kappa shape index (κ1) is 13.1. The van der Waals surface area contributed by atoms with Gasteiger partial charge in [0, 0.05) is 17.9 Å². The van der Waals surface area contributed by atoms with Gasteiger partial charge in [0.2, 0.25) is 0 Å².